The van der Waals surface area contributed by atoms with E-state index in [0.717, 1.165) is 5.56 Å². The Kier molecular flexibility index (Phi) is 3.25. The highest BCUT2D eigenvalue weighted by Gasteiger charge is 2.09. The van der Waals surface area contributed by atoms with Gasteiger partial charge in [-0.1, -0.05) is 0 Å². The molecular weight excluding hydrogens is 172 g/mol. The molecule has 1 heterocycles. The minimum absolute atomic E-state index is 0.0432. The van der Waals surface area contributed by atoms with E-state index in [4.69, 9.17) is 5.73 Å². The van der Waals surface area contributed by atoms with Crippen LogP contribution in [0.5, 0.6) is 0 Å². The Morgan fingerprint density at radius 2 is 2.50 bits per heavy atom. The van der Waals surface area contributed by atoms with Gasteiger partial charge in [0.15, 0.2) is 0 Å². The van der Waals surface area contributed by atoms with Gasteiger partial charge in [-0.15, -0.1) is 0 Å². The average molecular weight is 184 g/mol. The maximum absolute atomic E-state index is 11.5. The first-order chi connectivity index (χ1) is 5.75. The summed E-state index contributed by atoms with van der Waals surface area (Å²) in [5.74, 6) is 0.0432. The fourth-order valence-corrected chi connectivity index (χ4v) is 1.53. The predicted molar refractivity (Wildman–Crippen MR) is 50.3 cm³/mol. The molecular formula is C8H12N2OS. The van der Waals surface area contributed by atoms with E-state index < -0.39 is 0 Å². The molecule has 4 heteroatoms. The molecule has 0 aliphatic carbocycles. The molecule has 1 aromatic rings. The number of hydrogen-bond donors (Lipinski definition) is 1. The first-order valence-corrected chi connectivity index (χ1v) is 4.67. The fourth-order valence-electron chi connectivity index (χ4n) is 0.902. The van der Waals surface area contributed by atoms with Crippen LogP contribution in [0.2, 0.25) is 0 Å². The van der Waals surface area contributed by atoms with Gasteiger partial charge in [-0.3, -0.25) is 4.79 Å². The Bertz CT molecular complexity index is 246. The molecule has 2 N–H and O–H groups in total. The highest BCUT2D eigenvalue weighted by molar-refractivity contribution is 7.08. The van der Waals surface area contributed by atoms with Crippen LogP contribution in [0.15, 0.2) is 16.8 Å². The van der Waals surface area contributed by atoms with E-state index >= 15 is 0 Å². The van der Waals surface area contributed by atoms with Crippen LogP contribution < -0.4 is 5.73 Å². The fraction of sp³-hybridized carbons (Fsp3) is 0.375. The van der Waals surface area contributed by atoms with Crippen LogP contribution >= 0.6 is 11.3 Å². The second kappa shape index (κ2) is 4.23. The molecule has 0 spiro atoms. The van der Waals surface area contributed by atoms with Crippen LogP contribution in [-0.4, -0.2) is 30.9 Å². The van der Waals surface area contributed by atoms with Crippen LogP contribution in [-0.2, 0) is 0 Å². The quantitative estimate of drug-likeness (QED) is 0.754. The van der Waals surface area contributed by atoms with Gasteiger partial charge in [0.25, 0.3) is 5.91 Å². The maximum Gasteiger partial charge on any atom is 0.254 e. The standard InChI is InChI=1S/C8H12N2OS/c1-10(4-3-9)8(11)7-2-5-12-6-7/h2,5-6H,3-4,9H2,1H3. The number of carbonyl (C=O) groups is 1. The van der Waals surface area contributed by atoms with E-state index in [0.29, 0.717) is 13.1 Å². The summed E-state index contributed by atoms with van der Waals surface area (Å²) in [6.07, 6.45) is 0. The van der Waals surface area contributed by atoms with Crippen molar-refractivity contribution in [1.29, 1.82) is 0 Å². The molecule has 1 amide bonds. The zero-order valence-corrected chi connectivity index (χ0v) is 7.80. The topological polar surface area (TPSA) is 46.3 Å². The number of amides is 1. The molecule has 0 bridgehead atoms. The summed E-state index contributed by atoms with van der Waals surface area (Å²) >= 11 is 1.52. The molecule has 12 heavy (non-hydrogen) atoms. The van der Waals surface area contributed by atoms with Gasteiger partial charge >= 0.3 is 0 Å². The predicted octanol–water partition coefficient (Wildman–Crippen LogP) is 0.779. The van der Waals surface area contributed by atoms with Crippen molar-refractivity contribution in [3.8, 4) is 0 Å². The van der Waals surface area contributed by atoms with Gasteiger partial charge in [-0.2, -0.15) is 11.3 Å². The van der Waals surface area contributed by atoms with Crippen LogP contribution in [0.1, 0.15) is 10.4 Å². The van der Waals surface area contributed by atoms with E-state index in [1.54, 1.807) is 11.9 Å². The van der Waals surface area contributed by atoms with Gasteiger partial charge in [-0.05, 0) is 11.4 Å². The van der Waals surface area contributed by atoms with E-state index in [1.165, 1.54) is 11.3 Å². The number of thiophene rings is 1. The third-order valence-electron chi connectivity index (χ3n) is 1.58. The normalized spacial score (nSPS) is 9.83. The number of carbonyl (C=O) groups excluding carboxylic acids is 1. The number of hydrogen-bond acceptors (Lipinski definition) is 3. The maximum atomic E-state index is 11.5. The smallest absolute Gasteiger partial charge is 0.254 e. The van der Waals surface area contributed by atoms with Crippen molar-refractivity contribution in [3.05, 3.63) is 22.4 Å². The average Bonchev–Trinajstić information content (AvgIpc) is 2.55. The van der Waals surface area contributed by atoms with Crippen molar-refractivity contribution < 1.29 is 4.79 Å². The molecule has 66 valence electrons. The third-order valence-corrected chi connectivity index (χ3v) is 2.26. The number of nitrogens with two attached hydrogens (primary N) is 1. The SMILES string of the molecule is CN(CCN)C(=O)c1ccsc1. The lowest BCUT2D eigenvalue weighted by molar-refractivity contribution is 0.0799. The van der Waals surface area contributed by atoms with Crippen molar-refractivity contribution in [1.82, 2.24) is 4.90 Å². The first kappa shape index (κ1) is 9.22. The molecule has 0 aromatic carbocycles. The van der Waals surface area contributed by atoms with Gasteiger partial charge < -0.3 is 10.6 Å². The second-order valence-corrected chi connectivity index (χ2v) is 3.31. The van der Waals surface area contributed by atoms with Gasteiger partial charge in [0.2, 0.25) is 0 Å². The number of nitrogens with zero attached hydrogens (tertiary/aromatic N) is 1. The molecule has 0 aliphatic heterocycles. The minimum atomic E-state index is 0.0432. The highest BCUT2D eigenvalue weighted by atomic mass is 32.1. The van der Waals surface area contributed by atoms with E-state index in [1.807, 2.05) is 16.8 Å². The molecule has 0 saturated carbocycles. The van der Waals surface area contributed by atoms with Crippen LogP contribution in [0, 0.1) is 0 Å². The summed E-state index contributed by atoms with van der Waals surface area (Å²) in [6.45, 7) is 1.11. The molecule has 1 rings (SSSR count). The Hall–Kier alpha value is -0.870. The monoisotopic (exact) mass is 184 g/mol. The molecule has 0 saturated heterocycles. The van der Waals surface area contributed by atoms with Gasteiger partial charge in [-0.25, -0.2) is 0 Å². The first-order valence-electron chi connectivity index (χ1n) is 3.73. The van der Waals surface area contributed by atoms with Crippen LogP contribution in [0.3, 0.4) is 0 Å². The van der Waals surface area contributed by atoms with E-state index in [2.05, 4.69) is 0 Å². The molecule has 0 unspecified atom stereocenters. The Balaban J connectivity index is 2.59. The number of rotatable bonds is 3. The molecule has 0 atom stereocenters. The van der Waals surface area contributed by atoms with Gasteiger partial charge in [0, 0.05) is 25.5 Å². The zero-order chi connectivity index (χ0) is 8.97. The highest BCUT2D eigenvalue weighted by Crippen LogP contribution is 2.07. The summed E-state index contributed by atoms with van der Waals surface area (Å²) < 4.78 is 0. The van der Waals surface area contributed by atoms with Crippen molar-refractivity contribution in [3.63, 3.8) is 0 Å². The lowest BCUT2D eigenvalue weighted by atomic mass is 10.3. The molecule has 0 radical (unpaired) electrons. The molecule has 0 aliphatic rings. The van der Waals surface area contributed by atoms with Crippen molar-refractivity contribution in [2.75, 3.05) is 20.1 Å². The number of likely N-dealkylation sites (N-methyl/N-ethyl adjacent to an activating group) is 1. The summed E-state index contributed by atoms with van der Waals surface area (Å²) in [5, 5.41) is 3.73. The van der Waals surface area contributed by atoms with E-state index in [-0.39, 0.29) is 5.91 Å². The largest absolute Gasteiger partial charge is 0.340 e. The van der Waals surface area contributed by atoms with Gasteiger partial charge in [0.05, 0.1) is 5.56 Å². The van der Waals surface area contributed by atoms with Crippen LogP contribution in [0.25, 0.3) is 0 Å². The Morgan fingerprint density at radius 1 is 1.75 bits per heavy atom. The van der Waals surface area contributed by atoms with Gasteiger partial charge in [0.1, 0.15) is 0 Å². The minimum Gasteiger partial charge on any atom is -0.340 e. The summed E-state index contributed by atoms with van der Waals surface area (Å²) in [7, 11) is 1.76. The lowest BCUT2D eigenvalue weighted by Gasteiger charge is -2.14. The van der Waals surface area contributed by atoms with Crippen molar-refractivity contribution in [2.24, 2.45) is 5.73 Å². The molecule has 0 fully saturated rings. The summed E-state index contributed by atoms with van der Waals surface area (Å²) in [4.78, 5) is 13.1. The van der Waals surface area contributed by atoms with Crippen molar-refractivity contribution >= 4 is 17.2 Å². The Morgan fingerprint density at radius 3 is 3.00 bits per heavy atom. The van der Waals surface area contributed by atoms with Crippen LogP contribution in [0.4, 0.5) is 0 Å². The third kappa shape index (κ3) is 2.06. The van der Waals surface area contributed by atoms with E-state index in [9.17, 15) is 4.79 Å². The lowest BCUT2D eigenvalue weighted by Crippen LogP contribution is -2.31. The summed E-state index contributed by atoms with van der Waals surface area (Å²) in [6, 6.07) is 1.82. The summed E-state index contributed by atoms with van der Waals surface area (Å²) in [5.41, 5.74) is 6.08. The zero-order valence-electron chi connectivity index (χ0n) is 6.99. The molecule has 1 aromatic heterocycles. The van der Waals surface area contributed by atoms with Crippen molar-refractivity contribution in [2.45, 2.75) is 0 Å². The molecule has 3 nitrogen and oxygen atoms in total. The second-order valence-electron chi connectivity index (χ2n) is 2.53. The Labute approximate surface area is 75.8 Å².